The van der Waals surface area contributed by atoms with Crippen LogP contribution >= 0.6 is 0 Å². The Labute approximate surface area is 128 Å². The van der Waals surface area contributed by atoms with Crippen LogP contribution in [-0.2, 0) is 12.8 Å². The number of ether oxygens (including phenoxy) is 1. The van der Waals surface area contributed by atoms with Gasteiger partial charge in [-0.1, -0.05) is 0 Å². The van der Waals surface area contributed by atoms with Crippen molar-refractivity contribution in [1.82, 2.24) is 4.98 Å². The molecule has 0 bridgehead atoms. The fourth-order valence-electron chi connectivity index (χ4n) is 2.97. The number of pyridine rings is 1. The van der Waals surface area contributed by atoms with Crippen LogP contribution in [-0.4, -0.2) is 4.98 Å². The summed E-state index contributed by atoms with van der Waals surface area (Å²) in [5.41, 5.74) is 2.63. The second-order valence-corrected chi connectivity index (χ2v) is 5.44. The lowest BCUT2D eigenvalue weighted by atomic mass is 9.96. The molecule has 0 N–H and O–H groups in total. The third-order valence-corrected chi connectivity index (χ3v) is 4.03. The minimum atomic E-state index is 0.335. The standard InChI is InChI=1S/C18H14N2O2/c19-11-12-4-3-9-20-18(12)21-13-7-8-17-15(10-13)14-5-1-2-6-16(14)22-17/h3-4,7-10H,1-2,5-6H2. The molecule has 0 fully saturated rings. The van der Waals surface area contributed by atoms with Crippen LogP contribution in [0.5, 0.6) is 11.6 Å². The van der Waals surface area contributed by atoms with Gasteiger partial charge in [-0.05, 0) is 49.6 Å². The lowest BCUT2D eigenvalue weighted by Crippen LogP contribution is -1.98. The molecule has 4 nitrogen and oxygen atoms in total. The van der Waals surface area contributed by atoms with Crippen molar-refractivity contribution < 1.29 is 9.15 Å². The second-order valence-electron chi connectivity index (χ2n) is 5.44. The van der Waals surface area contributed by atoms with E-state index in [0.29, 0.717) is 17.2 Å². The number of hydrogen-bond donors (Lipinski definition) is 0. The maximum absolute atomic E-state index is 9.11. The number of nitrogens with zero attached hydrogens (tertiary/aromatic N) is 2. The number of rotatable bonds is 2. The number of furan rings is 1. The molecule has 108 valence electrons. The molecule has 0 aliphatic heterocycles. The highest BCUT2D eigenvalue weighted by Gasteiger charge is 2.18. The highest BCUT2D eigenvalue weighted by molar-refractivity contribution is 5.84. The van der Waals surface area contributed by atoms with E-state index in [1.54, 1.807) is 18.3 Å². The first kappa shape index (κ1) is 12.9. The molecule has 3 aromatic rings. The van der Waals surface area contributed by atoms with Gasteiger partial charge < -0.3 is 9.15 Å². The van der Waals surface area contributed by atoms with Crippen LogP contribution in [0.15, 0.2) is 40.9 Å². The van der Waals surface area contributed by atoms with Gasteiger partial charge in [-0.2, -0.15) is 5.26 Å². The van der Waals surface area contributed by atoms with E-state index in [4.69, 9.17) is 14.4 Å². The summed E-state index contributed by atoms with van der Waals surface area (Å²) >= 11 is 0. The van der Waals surface area contributed by atoms with Crippen LogP contribution in [0.2, 0.25) is 0 Å². The van der Waals surface area contributed by atoms with Crippen LogP contribution in [0, 0.1) is 11.3 Å². The van der Waals surface area contributed by atoms with Gasteiger partial charge in [0.2, 0.25) is 5.88 Å². The Morgan fingerprint density at radius 3 is 3.00 bits per heavy atom. The van der Waals surface area contributed by atoms with Gasteiger partial charge in [0.25, 0.3) is 0 Å². The van der Waals surface area contributed by atoms with E-state index < -0.39 is 0 Å². The highest BCUT2D eigenvalue weighted by Crippen LogP contribution is 2.35. The summed E-state index contributed by atoms with van der Waals surface area (Å²) in [4.78, 5) is 4.13. The summed E-state index contributed by atoms with van der Waals surface area (Å²) < 4.78 is 11.7. The van der Waals surface area contributed by atoms with Crippen LogP contribution in [0.3, 0.4) is 0 Å². The average molecular weight is 290 g/mol. The van der Waals surface area contributed by atoms with E-state index in [-0.39, 0.29) is 0 Å². The molecule has 0 atom stereocenters. The lowest BCUT2D eigenvalue weighted by Gasteiger charge is -2.09. The molecule has 0 spiro atoms. The van der Waals surface area contributed by atoms with Crippen LogP contribution < -0.4 is 4.74 Å². The molecule has 4 rings (SSSR count). The largest absolute Gasteiger partial charge is 0.461 e. The fourth-order valence-corrected chi connectivity index (χ4v) is 2.97. The van der Waals surface area contributed by atoms with E-state index in [9.17, 15) is 0 Å². The van der Waals surface area contributed by atoms with E-state index >= 15 is 0 Å². The molecule has 4 heteroatoms. The first-order valence-electron chi connectivity index (χ1n) is 7.42. The molecule has 22 heavy (non-hydrogen) atoms. The smallest absolute Gasteiger partial charge is 0.237 e. The molecule has 2 aromatic heterocycles. The van der Waals surface area contributed by atoms with Crippen LogP contribution in [0.1, 0.15) is 29.7 Å². The van der Waals surface area contributed by atoms with Gasteiger partial charge in [0.1, 0.15) is 28.7 Å². The molecule has 0 saturated heterocycles. The van der Waals surface area contributed by atoms with Gasteiger partial charge in [-0.15, -0.1) is 0 Å². The lowest BCUT2D eigenvalue weighted by molar-refractivity contribution is 0.461. The average Bonchev–Trinajstić information content (AvgIpc) is 2.93. The van der Waals surface area contributed by atoms with Crippen molar-refractivity contribution in [3.8, 4) is 17.7 Å². The normalized spacial score (nSPS) is 13.6. The molecule has 2 heterocycles. The van der Waals surface area contributed by atoms with E-state index in [0.717, 1.165) is 29.6 Å². The quantitative estimate of drug-likeness (QED) is 0.703. The first-order valence-corrected chi connectivity index (χ1v) is 7.42. The maximum Gasteiger partial charge on any atom is 0.237 e. The van der Waals surface area contributed by atoms with Crippen molar-refractivity contribution in [2.24, 2.45) is 0 Å². The molecular formula is C18H14N2O2. The summed E-state index contributed by atoms with van der Waals surface area (Å²) in [6.07, 6.45) is 6.08. The molecule has 1 aromatic carbocycles. The first-order chi connectivity index (χ1) is 10.8. The van der Waals surface area contributed by atoms with Gasteiger partial charge in [0.05, 0.1) is 0 Å². The number of hydrogen-bond acceptors (Lipinski definition) is 4. The highest BCUT2D eigenvalue weighted by atomic mass is 16.5. The minimum absolute atomic E-state index is 0.335. The van der Waals surface area contributed by atoms with Gasteiger partial charge in [-0.3, -0.25) is 0 Å². The van der Waals surface area contributed by atoms with E-state index in [1.165, 1.54) is 18.4 Å². The zero-order valence-corrected chi connectivity index (χ0v) is 12.0. The number of benzene rings is 1. The topological polar surface area (TPSA) is 59.0 Å². The number of nitriles is 1. The summed E-state index contributed by atoms with van der Waals surface area (Å²) in [6, 6.07) is 11.3. The predicted octanol–water partition coefficient (Wildman–Crippen LogP) is 4.37. The molecule has 1 aliphatic rings. The van der Waals surface area contributed by atoms with Gasteiger partial charge in [-0.25, -0.2) is 4.98 Å². The Balaban J connectivity index is 1.75. The summed E-state index contributed by atoms with van der Waals surface area (Å²) in [6.45, 7) is 0. The van der Waals surface area contributed by atoms with E-state index in [2.05, 4.69) is 11.1 Å². The Kier molecular flexibility index (Phi) is 3.05. The zero-order chi connectivity index (χ0) is 14.9. The van der Waals surface area contributed by atoms with Crippen LogP contribution in [0.4, 0.5) is 0 Å². The van der Waals surface area contributed by atoms with Gasteiger partial charge in [0.15, 0.2) is 0 Å². The summed E-state index contributed by atoms with van der Waals surface area (Å²) in [5, 5.41) is 10.2. The maximum atomic E-state index is 9.11. The molecule has 0 unspecified atom stereocenters. The Morgan fingerprint density at radius 1 is 1.18 bits per heavy atom. The molecule has 0 saturated carbocycles. The van der Waals surface area contributed by atoms with Crippen molar-refractivity contribution in [1.29, 1.82) is 5.26 Å². The minimum Gasteiger partial charge on any atom is -0.461 e. The van der Waals surface area contributed by atoms with Crippen molar-refractivity contribution in [3.05, 3.63) is 53.4 Å². The van der Waals surface area contributed by atoms with Crippen molar-refractivity contribution in [3.63, 3.8) is 0 Å². The molecule has 0 amide bonds. The SMILES string of the molecule is N#Cc1cccnc1Oc1ccc2oc3c(c2c1)CCCC3. The van der Waals surface area contributed by atoms with Crippen molar-refractivity contribution in [2.75, 3.05) is 0 Å². The third-order valence-electron chi connectivity index (χ3n) is 4.03. The fraction of sp³-hybridized carbons (Fsp3) is 0.222. The third kappa shape index (κ3) is 2.11. The Morgan fingerprint density at radius 2 is 2.09 bits per heavy atom. The predicted molar refractivity (Wildman–Crippen MR) is 81.9 cm³/mol. The van der Waals surface area contributed by atoms with E-state index in [1.807, 2.05) is 18.2 Å². The van der Waals surface area contributed by atoms with Crippen molar-refractivity contribution in [2.45, 2.75) is 25.7 Å². The van der Waals surface area contributed by atoms with Crippen LogP contribution in [0.25, 0.3) is 11.0 Å². The number of aromatic nitrogens is 1. The Hall–Kier alpha value is -2.80. The summed E-state index contributed by atoms with van der Waals surface area (Å²) in [5.74, 6) is 2.12. The molecule has 1 aliphatic carbocycles. The number of aryl methyl sites for hydroxylation is 2. The zero-order valence-electron chi connectivity index (χ0n) is 12.0. The Bertz CT molecular complexity index is 890. The number of fused-ring (bicyclic) bond motifs is 3. The van der Waals surface area contributed by atoms with Gasteiger partial charge >= 0.3 is 0 Å². The molecule has 0 radical (unpaired) electrons. The monoisotopic (exact) mass is 290 g/mol. The van der Waals surface area contributed by atoms with Gasteiger partial charge in [0, 0.05) is 23.6 Å². The second kappa shape index (κ2) is 5.19. The summed E-state index contributed by atoms with van der Waals surface area (Å²) in [7, 11) is 0. The van der Waals surface area contributed by atoms with Crippen molar-refractivity contribution >= 4 is 11.0 Å². The molecular weight excluding hydrogens is 276 g/mol.